The minimum absolute atomic E-state index is 0.0664. The van der Waals surface area contributed by atoms with Gasteiger partial charge in [-0.15, -0.1) is 0 Å². The lowest BCUT2D eigenvalue weighted by molar-refractivity contribution is -0.144. The summed E-state index contributed by atoms with van der Waals surface area (Å²) in [6.07, 6.45) is 20.7. The first-order valence-electron chi connectivity index (χ1n) is 12.8. The van der Waals surface area contributed by atoms with Gasteiger partial charge in [-0.3, -0.25) is 0 Å². The van der Waals surface area contributed by atoms with Gasteiger partial charge in [-0.2, -0.15) is 0 Å². The first kappa shape index (κ1) is 22.8. The summed E-state index contributed by atoms with van der Waals surface area (Å²) < 4.78 is 20.6. The predicted octanol–water partition coefficient (Wildman–Crippen LogP) is 7.23. The second-order valence-corrected chi connectivity index (χ2v) is 13.2. The van der Waals surface area contributed by atoms with Crippen LogP contribution in [0.4, 0.5) is 0 Å². The van der Waals surface area contributed by atoms with Gasteiger partial charge in [0, 0.05) is 22.7 Å². The van der Waals surface area contributed by atoms with E-state index in [4.69, 9.17) is 4.74 Å². The highest BCUT2D eigenvalue weighted by molar-refractivity contribution is 7.73. The van der Waals surface area contributed by atoms with Crippen molar-refractivity contribution in [3.63, 3.8) is 0 Å². The molecule has 1 aromatic carbocycles. The quantitative estimate of drug-likeness (QED) is 0.265. The van der Waals surface area contributed by atoms with Gasteiger partial charge in [-0.25, -0.2) is 4.79 Å². The minimum Gasteiger partial charge on any atom is -0.459 e. The molecule has 3 fully saturated rings. The molecule has 3 aliphatic rings. The van der Waals surface area contributed by atoms with Gasteiger partial charge in [0.2, 0.25) is 0 Å². The van der Waals surface area contributed by atoms with Crippen LogP contribution in [0.3, 0.4) is 0 Å². The molecular formula is C27H39O3P. The molecule has 0 saturated heterocycles. The Bertz CT molecular complexity index is 774. The molecule has 1 aromatic rings. The molecule has 0 spiro atoms. The molecule has 0 aromatic heterocycles. The highest BCUT2D eigenvalue weighted by Crippen LogP contribution is 2.62. The van der Waals surface area contributed by atoms with Gasteiger partial charge in [0.25, 0.3) is 0 Å². The lowest BCUT2D eigenvalue weighted by atomic mass is 9.98. The predicted molar refractivity (Wildman–Crippen MR) is 129 cm³/mol. The molecule has 3 saturated carbocycles. The first-order valence-corrected chi connectivity index (χ1v) is 14.6. The van der Waals surface area contributed by atoms with Gasteiger partial charge in [0.05, 0.1) is 0 Å². The molecule has 0 aliphatic heterocycles. The fraction of sp³-hybridized carbons (Fsp3) is 0.667. The van der Waals surface area contributed by atoms with Gasteiger partial charge < -0.3 is 9.30 Å². The van der Waals surface area contributed by atoms with Crippen molar-refractivity contribution in [1.82, 2.24) is 0 Å². The van der Waals surface area contributed by atoms with Crippen LogP contribution in [0.25, 0.3) is 6.08 Å². The number of carbonyl (C=O) groups excluding carboxylic acids is 1. The van der Waals surface area contributed by atoms with Crippen molar-refractivity contribution in [1.29, 1.82) is 0 Å². The molecule has 4 rings (SSSR count). The summed E-state index contributed by atoms with van der Waals surface area (Å²) in [7, 11) is -2.56. The molecule has 0 bridgehead atoms. The van der Waals surface area contributed by atoms with Crippen LogP contribution in [0.1, 0.15) is 102 Å². The van der Waals surface area contributed by atoms with E-state index in [-0.39, 0.29) is 12.1 Å². The maximum Gasteiger partial charge on any atom is 0.331 e. The molecule has 0 heterocycles. The Hall–Kier alpha value is -1.34. The fourth-order valence-corrected chi connectivity index (χ4v) is 10.6. The maximum absolute atomic E-state index is 15.0. The third kappa shape index (κ3) is 5.54. The Balaban J connectivity index is 1.58. The van der Waals surface area contributed by atoms with E-state index in [2.05, 4.69) is 6.07 Å². The van der Waals surface area contributed by atoms with Crippen LogP contribution in [0.5, 0.6) is 0 Å². The molecule has 0 N–H and O–H groups in total. The van der Waals surface area contributed by atoms with Crippen LogP contribution in [-0.2, 0) is 14.1 Å². The molecule has 3 aliphatic carbocycles. The van der Waals surface area contributed by atoms with Gasteiger partial charge in [0.15, 0.2) is 0 Å². The molecule has 31 heavy (non-hydrogen) atoms. The van der Waals surface area contributed by atoms with Gasteiger partial charge >= 0.3 is 5.97 Å². The van der Waals surface area contributed by atoms with E-state index >= 15 is 0 Å². The zero-order valence-corrected chi connectivity index (χ0v) is 19.9. The summed E-state index contributed by atoms with van der Waals surface area (Å²) in [5.41, 5.74) is 1.59. The summed E-state index contributed by atoms with van der Waals surface area (Å²) >= 11 is 0. The Kier molecular flexibility index (Phi) is 8.10. The third-order valence-corrected chi connectivity index (χ3v) is 12.1. The maximum atomic E-state index is 15.0. The minimum atomic E-state index is -2.56. The van der Waals surface area contributed by atoms with Crippen LogP contribution in [0.15, 0.2) is 30.3 Å². The summed E-state index contributed by atoms with van der Waals surface area (Å²) in [6.45, 7) is 0. The standard InChI is InChI=1S/C27H39O3P/c28-27(30-23-13-4-1-5-14-23)21-20-22-12-10-11-19-26(22)31(29,24-15-6-2-7-16-24)25-17-8-3-9-18-25/h10-12,19-21,23-25H,1-9,13-18H2/b21-20+. The lowest BCUT2D eigenvalue weighted by Crippen LogP contribution is -2.30. The van der Waals surface area contributed by atoms with Gasteiger partial charge in [-0.1, -0.05) is 69.2 Å². The zero-order chi connectivity index (χ0) is 21.5. The second kappa shape index (κ2) is 11.0. The van der Waals surface area contributed by atoms with E-state index in [9.17, 15) is 9.36 Å². The molecule has 3 nitrogen and oxygen atoms in total. The Morgan fingerprint density at radius 3 is 1.87 bits per heavy atom. The van der Waals surface area contributed by atoms with Crippen LogP contribution < -0.4 is 5.30 Å². The van der Waals surface area contributed by atoms with E-state index in [1.165, 1.54) is 44.9 Å². The van der Waals surface area contributed by atoms with Crippen molar-refractivity contribution < 1.29 is 14.1 Å². The van der Waals surface area contributed by atoms with Crippen molar-refractivity contribution in [3.8, 4) is 0 Å². The number of ether oxygens (including phenoxy) is 1. The first-order chi connectivity index (χ1) is 15.2. The topological polar surface area (TPSA) is 43.4 Å². The third-order valence-electron chi connectivity index (χ3n) is 7.78. The van der Waals surface area contributed by atoms with Gasteiger partial charge in [0.1, 0.15) is 13.2 Å². The molecule has 0 unspecified atom stereocenters. The molecular weight excluding hydrogens is 403 g/mol. The highest BCUT2D eigenvalue weighted by Gasteiger charge is 2.43. The Labute approximate surface area is 188 Å². The van der Waals surface area contributed by atoms with Crippen LogP contribution in [0.2, 0.25) is 0 Å². The molecule has 4 heteroatoms. The number of benzene rings is 1. The molecule has 0 radical (unpaired) electrons. The summed E-state index contributed by atoms with van der Waals surface area (Å²) in [5, 5.41) is 1.02. The number of hydrogen-bond donors (Lipinski definition) is 0. The monoisotopic (exact) mass is 442 g/mol. The van der Waals surface area contributed by atoms with Crippen molar-refractivity contribution in [2.75, 3.05) is 0 Å². The van der Waals surface area contributed by atoms with E-state index in [0.29, 0.717) is 11.3 Å². The second-order valence-electron chi connectivity index (χ2n) is 9.88. The fourth-order valence-electron chi connectivity index (χ4n) is 6.11. The summed E-state index contributed by atoms with van der Waals surface area (Å²) in [4.78, 5) is 12.5. The normalized spacial score (nSPS) is 22.6. The van der Waals surface area contributed by atoms with E-state index in [1.54, 1.807) is 6.08 Å². The van der Waals surface area contributed by atoms with Gasteiger partial charge in [-0.05, 0) is 63.0 Å². The number of rotatable bonds is 6. The molecule has 170 valence electrons. The zero-order valence-electron chi connectivity index (χ0n) is 19.0. The average molecular weight is 443 g/mol. The summed E-state index contributed by atoms with van der Waals surface area (Å²) in [5.74, 6) is -0.258. The van der Waals surface area contributed by atoms with E-state index < -0.39 is 7.14 Å². The number of esters is 1. The van der Waals surface area contributed by atoms with Crippen LogP contribution in [0, 0.1) is 0 Å². The van der Waals surface area contributed by atoms with Crippen molar-refractivity contribution in [2.24, 2.45) is 0 Å². The van der Waals surface area contributed by atoms with E-state index in [0.717, 1.165) is 62.2 Å². The van der Waals surface area contributed by atoms with Crippen LogP contribution >= 0.6 is 7.14 Å². The lowest BCUT2D eigenvalue weighted by Gasteiger charge is -2.39. The Morgan fingerprint density at radius 1 is 0.774 bits per heavy atom. The van der Waals surface area contributed by atoms with Crippen molar-refractivity contribution in [2.45, 2.75) is 114 Å². The average Bonchev–Trinajstić information content (AvgIpc) is 2.84. The van der Waals surface area contributed by atoms with Crippen molar-refractivity contribution in [3.05, 3.63) is 35.9 Å². The molecule has 0 amide bonds. The Morgan fingerprint density at radius 2 is 1.29 bits per heavy atom. The number of hydrogen-bond acceptors (Lipinski definition) is 3. The SMILES string of the molecule is O=C(/C=C/c1ccccc1P(=O)(C1CCCCC1)C1CCCCC1)OC1CCCCC1. The van der Waals surface area contributed by atoms with E-state index in [1.807, 2.05) is 24.3 Å². The smallest absolute Gasteiger partial charge is 0.331 e. The molecule has 0 atom stereocenters. The largest absolute Gasteiger partial charge is 0.459 e. The summed E-state index contributed by atoms with van der Waals surface area (Å²) in [6, 6.07) is 8.17. The van der Waals surface area contributed by atoms with Crippen molar-refractivity contribution >= 4 is 24.5 Å². The number of carbonyl (C=O) groups is 1. The van der Waals surface area contributed by atoms with Crippen LogP contribution in [-0.4, -0.2) is 23.4 Å². The highest BCUT2D eigenvalue weighted by atomic mass is 31.2.